The SMILES string of the molecule is CCCCCCCC=NC(=N)NN. The number of rotatable bonds is 6. The molecule has 0 aliphatic heterocycles. The van der Waals surface area contributed by atoms with Gasteiger partial charge in [0.25, 0.3) is 0 Å². The molecule has 0 saturated carbocycles. The van der Waals surface area contributed by atoms with Gasteiger partial charge in [-0.15, -0.1) is 0 Å². The molecule has 4 N–H and O–H groups in total. The first-order chi connectivity index (χ1) is 6.31. The Morgan fingerprint density at radius 3 is 2.69 bits per heavy atom. The van der Waals surface area contributed by atoms with Crippen LogP contribution < -0.4 is 11.3 Å². The summed E-state index contributed by atoms with van der Waals surface area (Å²) in [7, 11) is 0. The molecule has 76 valence electrons. The summed E-state index contributed by atoms with van der Waals surface area (Å²) in [6.07, 6.45) is 8.98. The zero-order valence-electron chi connectivity index (χ0n) is 8.34. The highest BCUT2D eigenvalue weighted by Crippen LogP contribution is 2.03. The topological polar surface area (TPSA) is 74.3 Å². The van der Waals surface area contributed by atoms with Crippen LogP contribution >= 0.6 is 0 Å². The summed E-state index contributed by atoms with van der Waals surface area (Å²) < 4.78 is 0. The number of nitrogens with two attached hydrogens (primary N) is 1. The lowest BCUT2D eigenvalue weighted by Gasteiger charge is -1.96. The number of aliphatic imine (C=N–C) groups is 1. The average molecular weight is 184 g/mol. The van der Waals surface area contributed by atoms with Crippen LogP contribution in [0.5, 0.6) is 0 Å². The zero-order chi connectivity index (χ0) is 9.94. The van der Waals surface area contributed by atoms with Gasteiger partial charge in [0.2, 0.25) is 5.96 Å². The van der Waals surface area contributed by atoms with Crippen molar-refractivity contribution >= 4 is 12.2 Å². The van der Waals surface area contributed by atoms with Crippen molar-refractivity contribution < 1.29 is 0 Å². The van der Waals surface area contributed by atoms with Gasteiger partial charge >= 0.3 is 0 Å². The van der Waals surface area contributed by atoms with Gasteiger partial charge in [0, 0.05) is 6.21 Å². The molecule has 0 radical (unpaired) electrons. The fourth-order valence-electron chi connectivity index (χ4n) is 1.03. The molecule has 0 aromatic heterocycles. The Bertz CT molecular complexity index is 154. The van der Waals surface area contributed by atoms with Gasteiger partial charge in [-0.3, -0.25) is 10.8 Å². The molecular weight excluding hydrogens is 164 g/mol. The molecule has 0 amide bonds. The highest BCUT2D eigenvalue weighted by atomic mass is 15.3. The first kappa shape index (κ1) is 12.1. The predicted octanol–water partition coefficient (Wildman–Crippen LogP) is 1.82. The van der Waals surface area contributed by atoms with Crippen LogP contribution in [0.3, 0.4) is 0 Å². The van der Waals surface area contributed by atoms with E-state index in [4.69, 9.17) is 11.3 Å². The van der Waals surface area contributed by atoms with E-state index in [0.29, 0.717) is 0 Å². The Kier molecular flexibility index (Phi) is 8.55. The highest BCUT2D eigenvalue weighted by molar-refractivity contribution is 5.84. The van der Waals surface area contributed by atoms with E-state index < -0.39 is 0 Å². The number of nitrogens with zero attached hydrogens (tertiary/aromatic N) is 1. The number of guanidine groups is 1. The number of nitrogens with one attached hydrogen (secondary N) is 2. The number of hydrogen-bond acceptors (Lipinski definition) is 2. The van der Waals surface area contributed by atoms with Crippen molar-refractivity contribution in [1.29, 1.82) is 5.41 Å². The maximum Gasteiger partial charge on any atom is 0.229 e. The number of unbranched alkanes of at least 4 members (excludes halogenated alkanes) is 5. The lowest BCUT2D eigenvalue weighted by molar-refractivity contribution is 0.645. The van der Waals surface area contributed by atoms with Crippen molar-refractivity contribution in [3.8, 4) is 0 Å². The molecule has 0 unspecified atom stereocenters. The van der Waals surface area contributed by atoms with Gasteiger partial charge in [-0.2, -0.15) is 0 Å². The summed E-state index contributed by atoms with van der Waals surface area (Å²) >= 11 is 0. The van der Waals surface area contributed by atoms with E-state index in [9.17, 15) is 0 Å². The van der Waals surface area contributed by atoms with E-state index in [-0.39, 0.29) is 5.96 Å². The fraction of sp³-hybridized carbons (Fsp3) is 0.778. The van der Waals surface area contributed by atoms with Gasteiger partial charge in [0.1, 0.15) is 0 Å². The minimum atomic E-state index is 0.0218. The average Bonchev–Trinajstić information content (AvgIpc) is 2.16. The maximum atomic E-state index is 7.05. The minimum absolute atomic E-state index is 0.0218. The lowest BCUT2D eigenvalue weighted by Crippen LogP contribution is -2.27. The normalized spacial score (nSPS) is 10.6. The van der Waals surface area contributed by atoms with Crippen molar-refractivity contribution in [2.24, 2.45) is 10.8 Å². The molecule has 0 aromatic carbocycles. The monoisotopic (exact) mass is 184 g/mol. The Morgan fingerprint density at radius 1 is 1.38 bits per heavy atom. The third kappa shape index (κ3) is 9.01. The van der Waals surface area contributed by atoms with E-state index in [2.05, 4.69) is 17.3 Å². The summed E-state index contributed by atoms with van der Waals surface area (Å²) in [4.78, 5) is 3.78. The minimum Gasteiger partial charge on any atom is -0.293 e. The molecular formula is C9H20N4. The summed E-state index contributed by atoms with van der Waals surface area (Å²) in [5.74, 6) is 4.99. The smallest absolute Gasteiger partial charge is 0.229 e. The van der Waals surface area contributed by atoms with Gasteiger partial charge < -0.3 is 0 Å². The third-order valence-corrected chi connectivity index (χ3v) is 1.79. The highest BCUT2D eigenvalue weighted by Gasteiger charge is 1.87. The van der Waals surface area contributed by atoms with Crippen LogP contribution in [0.15, 0.2) is 4.99 Å². The van der Waals surface area contributed by atoms with E-state index >= 15 is 0 Å². The fourth-order valence-corrected chi connectivity index (χ4v) is 1.03. The molecule has 0 aliphatic carbocycles. The molecule has 4 nitrogen and oxygen atoms in total. The van der Waals surface area contributed by atoms with Crippen molar-refractivity contribution in [2.75, 3.05) is 0 Å². The Labute approximate surface area is 80.1 Å². The summed E-state index contributed by atoms with van der Waals surface area (Å²) in [6, 6.07) is 0. The molecule has 13 heavy (non-hydrogen) atoms. The van der Waals surface area contributed by atoms with Gasteiger partial charge in [-0.05, 0) is 12.8 Å². The summed E-state index contributed by atoms with van der Waals surface area (Å²) in [5.41, 5.74) is 2.16. The van der Waals surface area contributed by atoms with Crippen molar-refractivity contribution in [3.63, 3.8) is 0 Å². The standard InChI is InChI=1S/C9H20N4/c1-2-3-4-5-6-7-8-12-9(10)13-11/h8H,2-7,11H2,1H3,(H2,10,13). The second-order valence-electron chi connectivity index (χ2n) is 3.01. The molecule has 0 saturated heterocycles. The molecule has 0 aliphatic rings. The number of hydrazine groups is 1. The van der Waals surface area contributed by atoms with Gasteiger partial charge in [0.05, 0.1) is 0 Å². The first-order valence-corrected chi connectivity index (χ1v) is 4.89. The van der Waals surface area contributed by atoms with Crippen LogP contribution in [0.1, 0.15) is 45.4 Å². The van der Waals surface area contributed by atoms with Crippen LogP contribution in [0, 0.1) is 5.41 Å². The van der Waals surface area contributed by atoms with Crippen molar-refractivity contribution in [3.05, 3.63) is 0 Å². The van der Waals surface area contributed by atoms with Crippen LogP contribution in [0.4, 0.5) is 0 Å². The van der Waals surface area contributed by atoms with E-state index in [1.165, 1.54) is 25.7 Å². The Hall–Kier alpha value is -0.900. The van der Waals surface area contributed by atoms with E-state index in [1.807, 2.05) is 0 Å². The molecule has 0 fully saturated rings. The van der Waals surface area contributed by atoms with Gasteiger partial charge in [-0.1, -0.05) is 32.6 Å². The molecule has 4 heteroatoms. The maximum absolute atomic E-state index is 7.05. The molecule has 0 rings (SSSR count). The zero-order valence-corrected chi connectivity index (χ0v) is 8.34. The molecule has 0 spiro atoms. The lowest BCUT2D eigenvalue weighted by atomic mass is 10.1. The van der Waals surface area contributed by atoms with E-state index in [1.54, 1.807) is 6.21 Å². The van der Waals surface area contributed by atoms with Crippen LogP contribution in [-0.4, -0.2) is 12.2 Å². The molecule has 0 atom stereocenters. The van der Waals surface area contributed by atoms with Crippen molar-refractivity contribution in [2.45, 2.75) is 45.4 Å². The quantitative estimate of drug-likeness (QED) is 0.194. The summed E-state index contributed by atoms with van der Waals surface area (Å²) in [6.45, 7) is 2.20. The van der Waals surface area contributed by atoms with Gasteiger partial charge in [0.15, 0.2) is 0 Å². The Morgan fingerprint density at radius 2 is 2.08 bits per heavy atom. The van der Waals surface area contributed by atoms with Crippen LogP contribution in [-0.2, 0) is 0 Å². The third-order valence-electron chi connectivity index (χ3n) is 1.79. The van der Waals surface area contributed by atoms with E-state index in [0.717, 1.165) is 12.8 Å². The molecule has 0 heterocycles. The summed E-state index contributed by atoms with van der Waals surface area (Å²) in [5, 5.41) is 7.05. The second kappa shape index (κ2) is 9.19. The van der Waals surface area contributed by atoms with Crippen LogP contribution in [0.25, 0.3) is 0 Å². The first-order valence-electron chi connectivity index (χ1n) is 4.89. The predicted molar refractivity (Wildman–Crippen MR) is 56.9 cm³/mol. The molecule has 0 bridgehead atoms. The van der Waals surface area contributed by atoms with Crippen molar-refractivity contribution in [1.82, 2.24) is 5.43 Å². The number of hydrogen-bond donors (Lipinski definition) is 3. The van der Waals surface area contributed by atoms with Crippen LogP contribution in [0.2, 0.25) is 0 Å². The largest absolute Gasteiger partial charge is 0.293 e. The van der Waals surface area contributed by atoms with Gasteiger partial charge in [-0.25, -0.2) is 10.8 Å². The molecule has 0 aromatic rings. The Balaban J connectivity index is 3.15. The second-order valence-corrected chi connectivity index (χ2v) is 3.01.